The molecule has 0 aliphatic carbocycles. The third kappa shape index (κ3) is 49.2. The lowest BCUT2D eigenvalue weighted by molar-refractivity contribution is -0.167. The van der Waals surface area contributed by atoms with Crippen molar-refractivity contribution in [2.45, 2.75) is 232 Å². The maximum Gasteiger partial charge on any atom is 0.306 e. The topological polar surface area (TPSA) is 78.9 Å². The summed E-state index contributed by atoms with van der Waals surface area (Å²) in [6.07, 6.45) is 66.8. The van der Waals surface area contributed by atoms with Crippen molar-refractivity contribution in [3.8, 4) is 0 Å². The summed E-state index contributed by atoms with van der Waals surface area (Å²) in [6, 6.07) is 0. The number of rotatable bonds is 45. The van der Waals surface area contributed by atoms with Crippen molar-refractivity contribution < 1.29 is 28.6 Å². The lowest BCUT2D eigenvalue weighted by atomic mass is 10.1. The van der Waals surface area contributed by atoms with E-state index in [2.05, 4.69) is 81.5 Å². The Kier molecular flexibility index (Phi) is 48.0. The number of esters is 3. The van der Waals surface area contributed by atoms with E-state index in [0.29, 0.717) is 19.3 Å². The van der Waals surface area contributed by atoms with Gasteiger partial charge < -0.3 is 14.2 Å². The minimum atomic E-state index is -0.805. The Morgan fingerprint density at radius 3 is 1.17 bits per heavy atom. The number of carbonyl (C=O) groups is 3. The average molecular weight is 875 g/mol. The summed E-state index contributed by atoms with van der Waals surface area (Å²) in [5.74, 6) is -0.969. The summed E-state index contributed by atoms with van der Waals surface area (Å²) in [5, 5.41) is 0. The zero-order valence-electron chi connectivity index (χ0n) is 40.8. The van der Waals surface area contributed by atoms with E-state index in [9.17, 15) is 14.4 Å². The summed E-state index contributed by atoms with van der Waals surface area (Å²) in [5.41, 5.74) is 0. The first kappa shape index (κ1) is 59.3. The highest BCUT2D eigenvalue weighted by atomic mass is 16.6. The van der Waals surface area contributed by atoms with Gasteiger partial charge in [0.25, 0.3) is 0 Å². The van der Waals surface area contributed by atoms with Crippen LogP contribution in [0.1, 0.15) is 226 Å². The number of allylic oxidation sites excluding steroid dienone is 16. The molecular weight excluding hydrogens is 781 g/mol. The quantitative estimate of drug-likeness (QED) is 0.0199. The molecule has 0 amide bonds. The highest BCUT2D eigenvalue weighted by Gasteiger charge is 2.19. The summed E-state index contributed by atoms with van der Waals surface area (Å²) in [7, 11) is 0. The first-order chi connectivity index (χ1) is 31.0. The molecule has 1 unspecified atom stereocenters. The van der Waals surface area contributed by atoms with Crippen LogP contribution in [0.3, 0.4) is 0 Å². The molecule has 6 nitrogen and oxygen atoms in total. The van der Waals surface area contributed by atoms with Gasteiger partial charge in [-0.15, -0.1) is 0 Å². The third-order valence-corrected chi connectivity index (χ3v) is 10.7. The van der Waals surface area contributed by atoms with Crippen LogP contribution in [0.2, 0.25) is 0 Å². The second-order valence-corrected chi connectivity index (χ2v) is 16.8. The van der Waals surface area contributed by atoms with Crippen molar-refractivity contribution in [1.82, 2.24) is 0 Å². The largest absolute Gasteiger partial charge is 0.462 e. The zero-order valence-corrected chi connectivity index (χ0v) is 40.8. The SMILES string of the molecule is CC\C=C/C=C\C=C/C=C\CCCCCC(=O)OCC(COC(=O)CCCCCCC/C=C\C=C/CCCCCCCCC)OC(=O)CCCCCCCCC/C=C\C/C=C\CC. The van der Waals surface area contributed by atoms with Gasteiger partial charge in [-0.05, 0) is 89.9 Å². The van der Waals surface area contributed by atoms with Crippen LogP contribution >= 0.6 is 0 Å². The standard InChI is InChI=1S/C57H94O6/c1-4-7-10-13-16-19-22-25-27-28-29-30-33-35-38-41-44-47-50-56(59)62-53-54(52-61-55(58)49-46-43-40-37-34-31-24-21-18-15-12-9-6-3)63-57(60)51-48-45-42-39-36-32-26-23-20-17-14-11-8-5-2/h8-9,11-12,15,17-18,20-21,24,27-31,34,54H,4-7,10,13-14,16,19,22-23,25-26,32-33,35-53H2,1-3H3/b11-8-,12-9-,18-15-,20-17-,24-21-,28-27-,30-29-,34-31-. The number of hydrogen-bond donors (Lipinski definition) is 0. The van der Waals surface area contributed by atoms with Gasteiger partial charge in [0.1, 0.15) is 13.2 Å². The van der Waals surface area contributed by atoms with Crippen molar-refractivity contribution >= 4 is 17.9 Å². The highest BCUT2D eigenvalue weighted by Crippen LogP contribution is 2.14. The fourth-order valence-corrected chi connectivity index (χ4v) is 6.83. The lowest BCUT2D eigenvalue weighted by Gasteiger charge is -2.18. The molecule has 1 atom stereocenters. The zero-order chi connectivity index (χ0) is 45.8. The van der Waals surface area contributed by atoms with E-state index in [0.717, 1.165) is 109 Å². The molecule has 358 valence electrons. The molecule has 0 rings (SSSR count). The second kappa shape index (κ2) is 51.0. The Labute approximate surface area is 387 Å². The van der Waals surface area contributed by atoms with E-state index in [1.807, 2.05) is 36.5 Å². The van der Waals surface area contributed by atoms with Crippen LogP contribution in [0, 0.1) is 0 Å². The molecule has 0 spiro atoms. The van der Waals surface area contributed by atoms with Gasteiger partial charge in [0.15, 0.2) is 6.10 Å². The first-order valence-electron chi connectivity index (χ1n) is 25.8. The molecule has 6 heteroatoms. The molecule has 0 aliphatic rings. The predicted molar refractivity (Wildman–Crippen MR) is 270 cm³/mol. The normalized spacial score (nSPS) is 12.9. The Morgan fingerprint density at radius 1 is 0.349 bits per heavy atom. The Hall–Kier alpha value is -3.67. The molecule has 0 aliphatic heterocycles. The van der Waals surface area contributed by atoms with E-state index in [4.69, 9.17) is 14.2 Å². The molecule has 0 saturated carbocycles. The van der Waals surface area contributed by atoms with Gasteiger partial charge in [0, 0.05) is 19.3 Å². The molecule has 0 saturated heterocycles. The van der Waals surface area contributed by atoms with E-state index in [1.165, 1.54) is 77.0 Å². The van der Waals surface area contributed by atoms with Crippen molar-refractivity contribution in [3.63, 3.8) is 0 Å². The Morgan fingerprint density at radius 2 is 0.698 bits per heavy atom. The van der Waals surface area contributed by atoms with Crippen LogP contribution in [0.5, 0.6) is 0 Å². The lowest BCUT2D eigenvalue weighted by Crippen LogP contribution is -2.30. The Balaban J connectivity index is 4.47. The fourth-order valence-electron chi connectivity index (χ4n) is 6.83. The van der Waals surface area contributed by atoms with E-state index < -0.39 is 6.10 Å². The van der Waals surface area contributed by atoms with E-state index in [-0.39, 0.29) is 31.1 Å². The van der Waals surface area contributed by atoms with E-state index in [1.54, 1.807) is 0 Å². The second-order valence-electron chi connectivity index (χ2n) is 16.8. The van der Waals surface area contributed by atoms with Gasteiger partial charge in [0.2, 0.25) is 0 Å². The van der Waals surface area contributed by atoms with Crippen LogP contribution in [-0.4, -0.2) is 37.2 Å². The van der Waals surface area contributed by atoms with Gasteiger partial charge in [-0.25, -0.2) is 0 Å². The van der Waals surface area contributed by atoms with Crippen LogP contribution in [-0.2, 0) is 28.6 Å². The van der Waals surface area contributed by atoms with Gasteiger partial charge in [-0.1, -0.05) is 214 Å². The van der Waals surface area contributed by atoms with Gasteiger partial charge >= 0.3 is 17.9 Å². The molecule has 0 N–H and O–H groups in total. The van der Waals surface area contributed by atoms with Crippen molar-refractivity contribution in [3.05, 3.63) is 97.2 Å². The first-order valence-corrected chi connectivity index (χ1v) is 25.8. The number of carbonyl (C=O) groups excluding carboxylic acids is 3. The number of ether oxygens (including phenoxy) is 3. The molecule has 0 fully saturated rings. The summed E-state index contributed by atoms with van der Waals surface area (Å²) in [4.78, 5) is 38.0. The van der Waals surface area contributed by atoms with Gasteiger partial charge in [0.05, 0.1) is 0 Å². The van der Waals surface area contributed by atoms with Gasteiger partial charge in [-0.2, -0.15) is 0 Å². The minimum absolute atomic E-state index is 0.103. The monoisotopic (exact) mass is 875 g/mol. The molecule has 0 aromatic heterocycles. The van der Waals surface area contributed by atoms with Crippen LogP contribution in [0.4, 0.5) is 0 Å². The smallest absolute Gasteiger partial charge is 0.306 e. The van der Waals surface area contributed by atoms with Crippen LogP contribution in [0.25, 0.3) is 0 Å². The molecule has 0 heterocycles. The van der Waals surface area contributed by atoms with Crippen LogP contribution < -0.4 is 0 Å². The van der Waals surface area contributed by atoms with Gasteiger partial charge in [-0.3, -0.25) is 14.4 Å². The predicted octanol–water partition coefficient (Wildman–Crippen LogP) is 17.0. The average Bonchev–Trinajstić information content (AvgIpc) is 3.28. The maximum atomic E-state index is 12.8. The molecule has 63 heavy (non-hydrogen) atoms. The van der Waals surface area contributed by atoms with E-state index >= 15 is 0 Å². The maximum absolute atomic E-state index is 12.8. The number of hydrogen-bond acceptors (Lipinski definition) is 6. The van der Waals surface area contributed by atoms with Crippen molar-refractivity contribution in [2.24, 2.45) is 0 Å². The highest BCUT2D eigenvalue weighted by molar-refractivity contribution is 5.71. The fraction of sp³-hybridized carbons (Fsp3) is 0.667. The molecular formula is C57H94O6. The third-order valence-electron chi connectivity index (χ3n) is 10.7. The van der Waals surface area contributed by atoms with Crippen molar-refractivity contribution in [1.29, 1.82) is 0 Å². The summed E-state index contributed by atoms with van der Waals surface area (Å²) < 4.78 is 16.7. The van der Waals surface area contributed by atoms with Crippen molar-refractivity contribution in [2.75, 3.05) is 13.2 Å². The Bertz CT molecular complexity index is 1280. The molecule has 0 aromatic rings. The summed E-state index contributed by atoms with van der Waals surface area (Å²) in [6.45, 7) is 6.32. The molecule has 0 radical (unpaired) electrons. The molecule has 0 bridgehead atoms. The minimum Gasteiger partial charge on any atom is -0.462 e. The molecule has 0 aromatic carbocycles. The van der Waals surface area contributed by atoms with Crippen LogP contribution in [0.15, 0.2) is 97.2 Å². The summed E-state index contributed by atoms with van der Waals surface area (Å²) >= 11 is 0. The number of unbranched alkanes of at least 4 members (excludes halogenated alkanes) is 22.